The highest BCUT2D eigenvalue weighted by Gasteiger charge is 2.32. The summed E-state index contributed by atoms with van der Waals surface area (Å²) in [6, 6.07) is 6.28. The van der Waals surface area contributed by atoms with Gasteiger partial charge in [0.1, 0.15) is 5.39 Å². The van der Waals surface area contributed by atoms with E-state index < -0.39 is 0 Å². The van der Waals surface area contributed by atoms with E-state index in [0.717, 1.165) is 18.5 Å². The molecule has 1 fully saturated rings. The summed E-state index contributed by atoms with van der Waals surface area (Å²) >= 11 is 1.55. The molecule has 32 heavy (non-hydrogen) atoms. The van der Waals surface area contributed by atoms with Crippen molar-refractivity contribution in [2.75, 3.05) is 12.8 Å². The SMILES string of the molecule is Cc1ccc(-n2ncc3c(=O)n4c(nc32)SCC4CC(=O)N(C)C2CCCCC2)cc1C. The van der Waals surface area contributed by atoms with E-state index in [9.17, 15) is 9.59 Å². The van der Waals surface area contributed by atoms with Gasteiger partial charge in [0.2, 0.25) is 5.91 Å². The van der Waals surface area contributed by atoms with Gasteiger partial charge in [-0.2, -0.15) is 5.10 Å². The number of amides is 1. The first-order valence-corrected chi connectivity index (χ1v) is 12.4. The molecule has 8 heteroatoms. The summed E-state index contributed by atoms with van der Waals surface area (Å²) in [7, 11) is 1.92. The van der Waals surface area contributed by atoms with Crippen molar-refractivity contribution in [3.8, 4) is 5.69 Å². The Bertz CT molecular complexity index is 1240. The first kappa shape index (κ1) is 21.2. The number of nitrogens with zero attached hydrogens (tertiary/aromatic N) is 5. The zero-order chi connectivity index (χ0) is 22.4. The zero-order valence-corrected chi connectivity index (χ0v) is 19.7. The number of carbonyl (C=O) groups is 1. The number of hydrogen-bond acceptors (Lipinski definition) is 5. The Morgan fingerprint density at radius 1 is 1.19 bits per heavy atom. The lowest BCUT2D eigenvalue weighted by Gasteiger charge is -2.32. The Labute approximate surface area is 191 Å². The highest BCUT2D eigenvalue weighted by molar-refractivity contribution is 7.99. The zero-order valence-electron chi connectivity index (χ0n) is 18.9. The van der Waals surface area contributed by atoms with Crippen LogP contribution in [0.1, 0.15) is 55.7 Å². The van der Waals surface area contributed by atoms with Gasteiger partial charge in [0.25, 0.3) is 5.56 Å². The van der Waals surface area contributed by atoms with Crippen LogP contribution in [0.15, 0.2) is 34.3 Å². The van der Waals surface area contributed by atoms with Gasteiger partial charge in [-0.15, -0.1) is 0 Å². The maximum atomic E-state index is 13.4. The minimum absolute atomic E-state index is 0.108. The molecule has 1 saturated carbocycles. The second-order valence-corrected chi connectivity index (χ2v) is 10.1. The van der Waals surface area contributed by atoms with Crippen LogP contribution in [-0.2, 0) is 4.79 Å². The van der Waals surface area contributed by atoms with Gasteiger partial charge in [-0.25, -0.2) is 9.67 Å². The summed E-state index contributed by atoms with van der Waals surface area (Å²) in [6.45, 7) is 4.13. The quantitative estimate of drug-likeness (QED) is 0.560. The van der Waals surface area contributed by atoms with E-state index >= 15 is 0 Å². The first-order chi connectivity index (χ1) is 15.4. The molecule has 1 amide bonds. The fraction of sp³-hybridized carbons (Fsp3) is 0.500. The van der Waals surface area contributed by atoms with Crippen LogP contribution in [0.5, 0.6) is 0 Å². The Kier molecular flexibility index (Phi) is 5.57. The third-order valence-electron chi connectivity index (χ3n) is 7.03. The number of fused-ring (bicyclic) bond motifs is 2. The van der Waals surface area contributed by atoms with E-state index in [1.54, 1.807) is 27.2 Å². The summed E-state index contributed by atoms with van der Waals surface area (Å²) in [5.74, 6) is 0.809. The first-order valence-electron chi connectivity index (χ1n) is 11.4. The fourth-order valence-electron chi connectivity index (χ4n) is 4.84. The number of hydrogen-bond donors (Lipinski definition) is 0. The Morgan fingerprint density at radius 3 is 2.72 bits per heavy atom. The third-order valence-corrected chi connectivity index (χ3v) is 8.13. The van der Waals surface area contributed by atoms with Crippen molar-refractivity contribution in [2.45, 2.75) is 69.6 Å². The molecule has 168 valence electrons. The molecule has 0 bridgehead atoms. The van der Waals surface area contributed by atoms with E-state index in [0.29, 0.717) is 34.4 Å². The van der Waals surface area contributed by atoms with Crippen molar-refractivity contribution in [1.29, 1.82) is 0 Å². The largest absolute Gasteiger partial charge is 0.343 e. The molecule has 0 saturated heterocycles. The number of rotatable bonds is 4. The highest BCUT2D eigenvalue weighted by Crippen LogP contribution is 2.34. The topological polar surface area (TPSA) is 73.0 Å². The average Bonchev–Trinajstić information content (AvgIpc) is 3.41. The summed E-state index contributed by atoms with van der Waals surface area (Å²) in [6.07, 6.45) is 7.75. The van der Waals surface area contributed by atoms with E-state index in [1.807, 2.05) is 18.0 Å². The van der Waals surface area contributed by atoms with Gasteiger partial charge in [0.15, 0.2) is 10.8 Å². The molecule has 1 atom stereocenters. The van der Waals surface area contributed by atoms with E-state index in [-0.39, 0.29) is 17.5 Å². The molecule has 2 aromatic heterocycles. The van der Waals surface area contributed by atoms with E-state index in [4.69, 9.17) is 4.98 Å². The van der Waals surface area contributed by atoms with Gasteiger partial charge in [-0.1, -0.05) is 37.1 Å². The lowest BCUT2D eigenvalue weighted by atomic mass is 9.94. The predicted octanol–water partition coefficient (Wildman–Crippen LogP) is 4.03. The van der Waals surface area contributed by atoms with Gasteiger partial charge < -0.3 is 4.90 Å². The minimum Gasteiger partial charge on any atom is -0.343 e. The Morgan fingerprint density at radius 2 is 1.97 bits per heavy atom. The Hall–Kier alpha value is -2.61. The van der Waals surface area contributed by atoms with Crippen LogP contribution in [-0.4, -0.2) is 49.0 Å². The van der Waals surface area contributed by atoms with Crippen LogP contribution in [0.25, 0.3) is 16.7 Å². The van der Waals surface area contributed by atoms with Crippen molar-refractivity contribution in [2.24, 2.45) is 0 Å². The molecule has 7 nitrogen and oxygen atoms in total. The van der Waals surface area contributed by atoms with Gasteiger partial charge in [-0.3, -0.25) is 14.2 Å². The van der Waals surface area contributed by atoms with E-state index in [2.05, 4.69) is 31.1 Å². The van der Waals surface area contributed by atoms with Crippen LogP contribution in [0.2, 0.25) is 0 Å². The number of carbonyl (C=O) groups excluding carboxylic acids is 1. The molecule has 0 spiro atoms. The second kappa shape index (κ2) is 8.39. The normalized spacial score (nSPS) is 18.8. The maximum absolute atomic E-state index is 13.4. The average molecular weight is 452 g/mol. The molecule has 3 aromatic rings. The number of thioether (sulfide) groups is 1. The van der Waals surface area contributed by atoms with Crippen LogP contribution < -0.4 is 5.56 Å². The molecule has 2 aliphatic rings. The van der Waals surface area contributed by atoms with Crippen LogP contribution in [0, 0.1) is 13.8 Å². The summed E-state index contributed by atoms with van der Waals surface area (Å²) in [5, 5.41) is 5.64. The number of benzene rings is 1. The van der Waals surface area contributed by atoms with Crippen molar-refractivity contribution >= 4 is 28.7 Å². The Balaban J connectivity index is 1.44. The molecule has 0 N–H and O–H groups in total. The molecule has 1 aliphatic carbocycles. The monoisotopic (exact) mass is 451 g/mol. The van der Waals surface area contributed by atoms with Crippen molar-refractivity contribution in [3.63, 3.8) is 0 Å². The molecule has 3 heterocycles. The maximum Gasteiger partial charge on any atom is 0.265 e. The van der Waals surface area contributed by atoms with E-state index in [1.165, 1.54) is 30.4 Å². The van der Waals surface area contributed by atoms with Crippen molar-refractivity contribution in [3.05, 3.63) is 45.9 Å². The van der Waals surface area contributed by atoms with Crippen LogP contribution in [0.4, 0.5) is 0 Å². The van der Waals surface area contributed by atoms with Crippen LogP contribution in [0.3, 0.4) is 0 Å². The number of aromatic nitrogens is 4. The highest BCUT2D eigenvalue weighted by atomic mass is 32.2. The van der Waals surface area contributed by atoms with Gasteiger partial charge >= 0.3 is 0 Å². The molecule has 0 radical (unpaired) electrons. The molecule has 1 aromatic carbocycles. The lowest BCUT2D eigenvalue weighted by molar-refractivity contribution is -0.133. The fourth-order valence-corrected chi connectivity index (χ4v) is 5.98. The molecular formula is C24H29N5O2S. The molecular weight excluding hydrogens is 422 g/mol. The lowest BCUT2D eigenvalue weighted by Crippen LogP contribution is -2.39. The van der Waals surface area contributed by atoms with Gasteiger partial charge in [0, 0.05) is 25.3 Å². The smallest absolute Gasteiger partial charge is 0.265 e. The summed E-state index contributed by atoms with van der Waals surface area (Å²) < 4.78 is 3.45. The second-order valence-electron chi connectivity index (χ2n) is 9.10. The minimum atomic E-state index is -0.164. The third kappa shape index (κ3) is 3.64. The van der Waals surface area contributed by atoms with Crippen molar-refractivity contribution in [1.82, 2.24) is 24.2 Å². The number of aryl methyl sites for hydroxylation is 2. The summed E-state index contributed by atoms with van der Waals surface area (Å²) in [4.78, 5) is 33.1. The van der Waals surface area contributed by atoms with Gasteiger partial charge in [0.05, 0.1) is 17.9 Å². The molecule has 5 rings (SSSR count). The van der Waals surface area contributed by atoms with Crippen molar-refractivity contribution < 1.29 is 4.79 Å². The van der Waals surface area contributed by atoms with Crippen LogP contribution >= 0.6 is 11.8 Å². The van der Waals surface area contributed by atoms with Gasteiger partial charge in [-0.05, 0) is 49.9 Å². The predicted molar refractivity (Wildman–Crippen MR) is 127 cm³/mol. The summed E-state index contributed by atoms with van der Waals surface area (Å²) in [5.41, 5.74) is 3.73. The standard InChI is InChI=1S/C24H29N5O2S/c1-15-9-10-18(11-16(15)2)29-22-20(13-25-29)23(31)28-19(14-32-24(28)26-22)12-21(30)27(3)17-7-5-4-6-8-17/h9-11,13,17,19H,4-8,12,14H2,1-3H3. The molecule has 1 unspecified atom stereocenters. The molecule has 1 aliphatic heterocycles.